The van der Waals surface area contributed by atoms with E-state index in [2.05, 4.69) is 41.4 Å². The molecule has 3 rings (SSSR count). The van der Waals surface area contributed by atoms with E-state index in [1.165, 1.54) is 11.3 Å². The Morgan fingerprint density at radius 1 is 1.26 bits per heavy atom. The summed E-state index contributed by atoms with van der Waals surface area (Å²) in [6.07, 6.45) is 2.88. The molecule has 0 saturated carbocycles. The van der Waals surface area contributed by atoms with Crippen molar-refractivity contribution in [2.24, 2.45) is 0 Å². The third kappa shape index (κ3) is 2.66. The van der Waals surface area contributed by atoms with Crippen molar-refractivity contribution >= 4 is 5.69 Å². The Kier molecular flexibility index (Phi) is 3.56. The van der Waals surface area contributed by atoms with Crippen LogP contribution in [0.3, 0.4) is 0 Å². The Morgan fingerprint density at radius 2 is 2.16 bits per heavy atom. The molecule has 1 aliphatic heterocycles. The Hall–Kier alpha value is -1.74. The lowest BCUT2D eigenvalue weighted by Gasteiger charge is -2.25. The second-order valence-corrected chi connectivity index (χ2v) is 5.13. The highest BCUT2D eigenvalue weighted by molar-refractivity contribution is 5.59. The fraction of sp³-hybridized carbons (Fsp3) is 0.375. The zero-order valence-electron chi connectivity index (χ0n) is 11.3. The molecule has 2 heterocycles. The number of nitrogens with one attached hydrogen (secondary N) is 1. The number of nitrogens with zero attached hydrogens (tertiary/aromatic N) is 1. The van der Waals surface area contributed by atoms with Gasteiger partial charge in [-0.15, -0.1) is 0 Å². The highest BCUT2D eigenvalue weighted by atomic mass is 16.3. The van der Waals surface area contributed by atoms with E-state index in [4.69, 9.17) is 4.42 Å². The van der Waals surface area contributed by atoms with E-state index in [0.717, 1.165) is 31.8 Å². The molecule has 0 fully saturated rings. The zero-order chi connectivity index (χ0) is 13.1. The van der Waals surface area contributed by atoms with Crippen molar-refractivity contribution < 1.29 is 4.42 Å². The number of furan rings is 1. The maximum Gasteiger partial charge on any atom is 0.117 e. The van der Waals surface area contributed by atoms with Crippen LogP contribution in [0, 0.1) is 0 Å². The van der Waals surface area contributed by atoms with E-state index < -0.39 is 0 Å². The predicted molar refractivity (Wildman–Crippen MR) is 77.4 cm³/mol. The molecule has 0 saturated heterocycles. The van der Waals surface area contributed by atoms with Crippen LogP contribution in [0.25, 0.3) is 0 Å². The molecule has 1 unspecified atom stereocenters. The Morgan fingerprint density at radius 3 is 3.00 bits per heavy atom. The van der Waals surface area contributed by atoms with Gasteiger partial charge in [0.1, 0.15) is 5.76 Å². The van der Waals surface area contributed by atoms with E-state index >= 15 is 0 Å². The minimum atomic E-state index is 0.600. The van der Waals surface area contributed by atoms with Gasteiger partial charge in [0, 0.05) is 24.8 Å². The number of benzene rings is 1. The summed E-state index contributed by atoms with van der Waals surface area (Å²) in [6, 6.07) is 13.2. The van der Waals surface area contributed by atoms with Crippen LogP contribution in [0.1, 0.15) is 18.2 Å². The minimum Gasteiger partial charge on any atom is -0.468 e. The van der Waals surface area contributed by atoms with Crippen LogP contribution in [0.2, 0.25) is 0 Å². The van der Waals surface area contributed by atoms with E-state index in [1.54, 1.807) is 6.26 Å². The molecular formula is C16H20N2O. The summed E-state index contributed by atoms with van der Waals surface area (Å²) in [5, 5.41) is 3.43. The SMILES string of the molecule is CC1Cc2ccccc2N1CCNCc1ccco1. The second-order valence-electron chi connectivity index (χ2n) is 5.13. The van der Waals surface area contributed by atoms with Crippen molar-refractivity contribution in [3.63, 3.8) is 0 Å². The first-order valence-electron chi connectivity index (χ1n) is 6.92. The van der Waals surface area contributed by atoms with Gasteiger partial charge in [-0.25, -0.2) is 0 Å². The quantitative estimate of drug-likeness (QED) is 0.834. The van der Waals surface area contributed by atoms with Crippen molar-refractivity contribution in [1.82, 2.24) is 5.32 Å². The van der Waals surface area contributed by atoms with Crippen molar-refractivity contribution in [3.05, 3.63) is 54.0 Å². The molecule has 1 aromatic carbocycles. The molecule has 1 N–H and O–H groups in total. The van der Waals surface area contributed by atoms with Gasteiger partial charge in [-0.3, -0.25) is 0 Å². The third-order valence-corrected chi connectivity index (χ3v) is 3.76. The predicted octanol–water partition coefficient (Wildman–Crippen LogP) is 2.82. The number of fused-ring (bicyclic) bond motifs is 1. The van der Waals surface area contributed by atoms with Gasteiger partial charge >= 0.3 is 0 Å². The lowest BCUT2D eigenvalue weighted by atomic mass is 10.1. The number of anilines is 1. The standard InChI is InChI=1S/C16H20N2O/c1-13-11-14-5-2-3-7-16(14)18(13)9-8-17-12-15-6-4-10-19-15/h2-7,10,13,17H,8-9,11-12H2,1H3. The van der Waals surface area contributed by atoms with Crippen molar-refractivity contribution in [2.45, 2.75) is 25.9 Å². The summed E-state index contributed by atoms with van der Waals surface area (Å²) in [5.41, 5.74) is 2.87. The van der Waals surface area contributed by atoms with E-state index in [0.29, 0.717) is 6.04 Å². The summed E-state index contributed by atoms with van der Waals surface area (Å²) in [6.45, 7) is 5.11. The average molecular weight is 256 g/mol. The topological polar surface area (TPSA) is 28.4 Å². The molecule has 0 aliphatic carbocycles. The summed E-state index contributed by atoms with van der Waals surface area (Å²) in [4.78, 5) is 2.49. The molecular weight excluding hydrogens is 236 g/mol. The van der Waals surface area contributed by atoms with E-state index in [9.17, 15) is 0 Å². The normalized spacial score (nSPS) is 17.7. The molecule has 1 aromatic heterocycles. The molecule has 3 nitrogen and oxygen atoms in total. The maximum atomic E-state index is 5.31. The lowest BCUT2D eigenvalue weighted by Crippen LogP contribution is -2.35. The third-order valence-electron chi connectivity index (χ3n) is 3.76. The molecule has 0 spiro atoms. The second kappa shape index (κ2) is 5.49. The first-order valence-corrected chi connectivity index (χ1v) is 6.92. The van der Waals surface area contributed by atoms with Gasteiger partial charge in [-0.2, -0.15) is 0 Å². The zero-order valence-corrected chi connectivity index (χ0v) is 11.3. The van der Waals surface area contributed by atoms with Crippen LogP contribution in [-0.4, -0.2) is 19.1 Å². The molecule has 0 amide bonds. The largest absolute Gasteiger partial charge is 0.468 e. The molecule has 0 bridgehead atoms. The Bertz CT molecular complexity index is 521. The summed E-state index contributed by atoms with van der Waals surface area (Å²) in [7, 11) is 0. The highest BCUT2D eigenvalue weighted by Crippen LogP contribution is 2.31. The van der Waals surface area contributed by atoms with Crippen LogP contribution in [0.15, 0.2) is 47.1 Å². The molecule has 1 atom stereocenters. The monoisotopic (exact) mass is 256 g/mol. The van der Waals surface area contributed by atoms with E-state index in [-0.39, 0.29) is 0 Å². The van der Waals surface area contributed by atoms with Crippen LogP contribution in [0.4, 0.5) is 5.69 Å². The van der Waals surface area contributed by atoms with Gasteiger partial charge in [-0.1, -0.05) is 18.2 Å². The lowest BCUT2D eigenvalue weighted by molar-refractivity contribution is 0.482. The number of rotatable bonds is 5. The highest BCUT2D eigenvalue weighted by Gasteiger charge is 2.24. The summed E-state index contributed by atoms with van der Waals surface area (Å²) in [5.74, 6) is 0.995. The van der Waals surface area contributed by atoms with Gasteiger partial charge < -0.3 is 14.6 Å². The first kappa shape index (κ1) is 12.3. The fourth-order valence-corrected chi connectivity index (χ4v) is 2.79. The fourth-order valence-electron chi connectivity index (χ4n) is 2.79. The molecule has 100 valence electrons. The smallest absolute Gasteiger partial charge is 0.117 e. The van der Waals surface area contributed by atoms with Gasteiger partial charge in [0.05, 0.1) is 12.8 Å². The Balaban J connectivity index is 1.53. The molecule has 19 heavy (non-hydrogen) atoms. The van der Waals surface area contributed by atoms with Gasteiger partial charge in [0.25, 0.3) is 0 Å². The first-order chi connectivity index (χ1) is 9.34. The number of para-hydroxylation sites is 1. The average Bonchev–Trinajstić information content (AvgIpc) is 3.02. The number of hydrogen-bond donors (Lipinski definition) is 1. The molecule has 2 aromatic rings. The van der Waals surface area contributed by atoms with Crippen molar-refractivity contribution in [1.29, 1.82) is 0 Å². The minimum absolute atomic E-state index is 0.600. The van der Waals surface area contributed by atoms with Crippen molar-refractivity contribution in [3.8, 4) is 0 Å². The molecule has 3 heteroatoms. The van der Waals surface area contributed by atoms with E-state index in [1.807, 2.05) is 12.1 Å². The van der Waals surface area contributed by atoms with Crippen LogP contribution >= 0.6 is 0 Å². The van der Waals surface area contributed by atoms with Gasteiger partial charge in [0.15, 0.2) is 0 Å². The number of hydrogen-bond acceptors (Lipinski definition) is 3. The molecule has 0 radical (unpaired) electrons. The van der Waals surface area contributed by atoms with Crippen LogP contribution in [-0.2, 0) is 13.0 Å². The molecule has 1 aliphatic rings. The Labute approximate surface area is 114 Å². The van der Waals surface area contributed by atoms with Gasteiger partial charge in [-0.05, 0) is 37.1 Å². The van der Waals surface area contributed by atoms with Gasteiger partial charge in [0.2, 0.25) is 0 Å². The maximum absolute atomic E-state index is 5.31. The van der Waals surface area contributed by atoms with Crippen molar-refractivity contribution in [2.75, 3.05) is 18.0 Å². The summed E-state index contributed by atoms with van der Waals surface area (Å²) < 4.78 is 5.31. The summed E-state index contributed by atoms with van der Waals surface area (Å²) >= 11 is 0. The van der Waals surface area contributed by atoms with Crippen LogP contribution in [0.5, 0.6) is 0 Å². The van der Waals surface area contributed by atoms with Crippen LogP contribution < -0.4 is 10.2 Å².